The second kappa shape index (κ2) is 5.05. The van der Waals surface area contributed by atoms with Crippen LogP contribution in [0.3, 0.4) is 0 Å². The molecule has 0 saturated heterocycles. The second-order valence-electron chi connectivity index (χ2n) is 5.52. The largest absolute Gasteiger partial charge is 0.331 e. The van der Waals surface area contributed by atoms with Crippen molar-refractivity contribution in [2.24, 2.45) is 7.05 Å². The van der Waals surface area contributed by atoms with E-state index in [1.807, 2.05) is 12.1 Å². The molecule has 1 aromatic heterocycles. The van der Waals surface area contributed by atoms with Crippen molar-refractivity contribution in [2.75, 3.05) is 0 Å². The predicted octanol–water partition coefficient (Wildman–Crippen LogP) is 3.69. The summed E-state index contributed by atoms with van der Waals surface area (Å²) in [4.78, 5) is 4.82. The van der Waals surface area contributed by atoms with Gasteiger partial charge in [0.25, 0.3) is 0 Å². The van der Waals surface area contributed by atoms with Crippen molar-refractivity contribution >= 4 is 11.0 Å². The summed E-state index contributed by atoms with van der Waals surface area (Å²) in [6.07, 6.45) is 7.03. The molecule has 3 rings (SSSR count). The lowest BCUT2D eigenvalue weighted by Gasteiger charge is -2.21. The Balaban J connectivity index is 2.02. The average Bonchev–Trinajstić information content (AvgIpc) is 2.78. The Morgan fingerprint density at radius 3 is 2.84 bits per heavy atom. The van der Waals surface area contributed by atoms with Gasteiger partial charge < -0.3 is 4.57 Å². The van der Waals surface area contributed by atoms with E-state index in [2.05, 4.69) is 23.8 Å². The van der Waals surface area contributed by atoms with Gasteiger partial charge in [-0.15, -0.1) is 0 Å². The number of benzene rings is 1. The summed E-state index contributed by atoms with van der Waals surface area (Å²) in [7, 11) is 2.11. The molecule has 3 nitrogen and oxygen atoms in total. The Morgan fingerprint density at radius 2 is 2.11 bits per heavy atom. The first-order chi connectivity index (χ1) is 9.29. The lowest BCUT2D eigenvalue weighted by molar-refractivity contribution is 0.423. The molecule has 0 bridgehead atoms. The Bertz CT molecular complexity index is 627. The molecule has 2 aromatic rings. The van der Waals surface area contributed by atoms with Gasteiger partial charge in [0.2, 0.25) is 0 Å². The molecule has 1 aromatic carbocycles. The van der Waals surface area contributed by atoms with Crippen LogP contribution in [-0.2, 0) is 13.5 Å². The minimum atomic E-state index is 0.472. The third-order valence-corrected chi connectivity index (χ3v) is 4.23. The number of nitriles is 1. The van der Waals surface area contributed by atoms with Gasteiger partial charge in [0.15, 0.2) is 0 Å². The van der Waals surface area contributed by atoms with Gasteiger partial charge in [0.1, 0.15) is 5.82 Å². The summed E-state index contributed by atoms with van der Waals surface area (Å²) in [6.45, 7) is 0. The van der Waals surface area contributed by atoms with Gasteiger partial charge in [-0.2, -0.15) is 5.26 Å². The monoisotopic (exact) mass is 253 g/mol. The van der Waals surface area contributed by atoms with Crippen LogP contribution in [-0.4, -0.2) is 9.55 Å². The summed E-state index contributed by atoms with van der Waals surface area (Å²) in [5.41, 5.74) is 3.30. The van der Waals surface area contributed by atoms with Gasteiger partial charge >= 0.3 is 0 Å². The number of nitrogens with zero attached hydrogens (tertiary/aromatic N) is 3. The number of hydrogen-bond acceptors (Lipinski definition) is 2. The standard InChI is InChI=1S/C16H19N3/c1-19-15-11-12(9-10-17)7-8-14(15)18-16(19)13-5-3-2-4-6-13/h7-8,11,13H,2-6,9H2,1H3. The Labute approximate surface area is 113 Å². The van der Waals surface area contributed by atoms with E-state index in [0.29, 0.717) is 12.3 Å². The highest BCUT2D eigenvalue weighted by Gasteiger charge is 2.21. The van der Waals surface area contributed by atoms with E-state index in [1.165, 1.54) is 37.9 Å². The molecule has 0 N–H and O–H groups in total. The summed E-state index contributed by atoms with van der Waals surface area (Å²) in [5.74, 6) is 1.84. The van der Waals surface area contributed by atoms with E-state index in [9.17, 15) is 0 Å². The van der Waals surface area contributed by atoms with Crippen LogP contribution in [0.2, 0.25) is 0 Å². The number of hydrogen-bond donors (Lipinski definition) is 0. The average molecular weight is 253 g/mol. The minimum Gasteiger partial charge on any atom is -0.331 e. The Kier molecular flexibility index (Phi) is 3.25. The molecular formula is C16H19N3. The quantitative estimate of drug-likeness (QED) is 0.819. The molecule has 1 fully saturated rings. The summed E-state index contributed by atoms with van der Waals surface area (Å²) >= 11 is 0. The van der Waals surface area contributed by atoms with Gasteiger partial charge in [-0.05, 0) is 30.5 Å². The van der Waals surface area contributed by atoms with Crippen molar-refractivity contribution in [1.29, 1.82) is 5.26 Å². The van der Waals surface area contributed by atoms with E-state index in [-0.39, 0.29) is 0 Å². The molecule has 1 aliphatic carbocycles. The van der Waals surface area contributed by atoms with E-state index in [4.69, 9.17) is 10.2 Å². The molecule has 3 heteroatoms. The van der Waals surface area contributed by atoms with Crippen LogP contribution in [0.5, 0.6) is 0 Å². The number of imidazole rings is 1. The molecule has 0 atom stereocenters. The first-order valence-electron chi connectivity index (χ1n) is 7.12. The molecule has 0 amide bonds. The zero-order valence-electron chi connectivity index (χ0n) is 11.4. The Hall–Kier alpha value is -1.82. The molecule has 0 spiro atoms. The normalized spacial score (nSPS) is 16.6. The molecule has 0 radical (unpaired) electrons. The number of aromatic nitrogens is 2. The van der Waals surface area contributed by atoms with Gasteiger partial charge in [-0.3, -0.25) is 0 Å². The van der Waals surface area contributed by atoms with Gasteiger partial charge in [0, 0.05) is 13.0 Å². The molecule has 1 heterocycles. The fourth-order valence-electron chi connectivity index (χ4n) is 3.18. The zero-order chi connectivity index (χ0) is 13.2. The van der Waals surface area contributed by atoms with Crippen LogP contribution >= 0.6 is 0 Å². The smallest absolute Gasteiger partial charge is 0.112 e. The number of aryl methyl sites for hydroxylation is 1. The highest BCUT2D eigenvalue weighted by molar-refractivity contribution is 5.77. The van der Waals surface area contributed by atoms with Crippen LogP contribution in [0.4, 0.5) is 0 Å². The van der Waals surface area contributed by atoms with E-state index < -0.39 is 0 Å². The lowest BCUT2D eigenvalue weighted by atomic mass is 9.89. The molecule has 1 saturated carbocycles. The van der Waals surface area contributed by atoms with Crippen LogP contribution in [0, 0.1) is 11.3 Å². The van der Waals surface area contributed by atoms with E-state index in [1.54, 1.807) is 0 Å². The van der Waals surface area contributed by atoms with Crippen molar-refractivity contribution < 1.29 is 0 Å². The summed E-state index contributed by atoms with van der Waals surface area (Å²) in [5, 5.41) is 8.80. The maximum absolute atomic E-state index is 8.80. The molecule has 0 aliphatic heterocycles. The second-order valence-corrected chi connectivity index (χ2v) is 5.52. The highest BCUT2D eigenvalue weighted by Crippen LogP contribution is 2.33. The lowest BCUT2D eigenvalue weighted by Crippen LogP contribution is -2.10. The fourth-order valence-corrected chi connectivity index (χ4v) is 3.18. The third-order valence-electron chi connectivity index (χ3n) is 4.23. The molecule has 98 valence electrons. The molecular weight excluding hydrogens is 234 g/mol. The fraction of sp³-hybridized carbons (Fsp3) is 0.500. The van der Waals surface area contributed by atoms with Crippen LogP contribution in [0.25, 0.3) is 11.0 Å². The van der Waals surface area contributed by atoms with Gasteiger partial charge in [-0.1, -0.05) is 25.3 Å². The van der Waals surface area contributed by atoms with Gasteiger partial charge in [-0.25, -0.2) is 4.98 Å². The van der Waals surface area contributed by atoms with Crippen molar-refractivity contribution in [1.82, 2.24) is 9.55 Å². The highest BCUT2D eigenvalue weighted by atomic mass is 15.1. The van der Waals surface area contributed by atoms with Crippen LogP contribution in [0.1, 0.15) is 49.4 Å². The summed E-state index contributed by atoms with van der Waals surface area (Å²) in [6, 6.07) is 8.38. The predicted molar refractivity (Wildman–Crippen MR) is 75.9 cm³/mol. The Morgan fingerprint density at radius 1 is 1.32 bits per heavy atom. The SMILES string of the molecule is Cn1c(C2CCCCC2)nc2ccc(CC#N)cc21. The van der Waals surface area contributed by atoms with Crippen LogP contribution < -0.4 is 0 Å². The van der Waals surface area contributed by atoms with Crippen LogP contribution in [0.15, 0.2) is 18.2 Å². The third kappa shape index (κ3) is 2.23. The molecule has 0 unspecified atom stereocenters. The zero-order valence-corrected chi connectivity index (χ0v) is 11.4. The van der Waals surface area contributed by atoms with Crippen molar-refractivity contribution in [2.45, 2.75) is 44.4 Å². The van der Waals surface area contributed by atoms with E-state index in [0.717, 1.165) is 16.6 Å². The topological polar surface area (TPSA) is 41.6 Å². The van der Waals surface area contributed by atoms with Gasteiger partial charge in [0.05, 0.1) is 23.5 Å². The molecule has 19 heavy (non-hydrogen) atoms. The van der Waals surface area contributed by atoms with Crippen molar-refractivity contribution in [3.05, 3.63) is 29.6 Å². The number of rotatable bonds is 2. The first kappa shape index (κ1) is 12.2. The first-order valence-corrected chi connectivity index (χ1v) is 7.12. The maximum atomic E-state index is 8.80. The molecule has 1 aliphatic rings. The van der Waals surface area contributed by atoms with Crippen molar-refractivity contribution in [3.63, 3.8) is 0 Å². The maximum Gasteiger partial charge on any atom is 0.112 e. The van der Waals surface area contributed by atoms with E-state index >= 15 is 0 Å². The minimum absolute atomic E-state index is 0.472. The van der Waals surface area contributed by atoms with Crippen molar-refractivity contribution in [3.8, 4) is 6.07 Å². The summed E-state index contributed by atoms with van der Waals surface area (Å²) < 4.78 is 2.23. The number of fused-ring (bicyclic) bond motifs is 1.